The summed E-state index contributed by atoms with van der Waals surface area (Å²) < 4.78 is 0. The molecule has 0 radical (unpaired) electrons. The number of hydrogen-bond acceptors (Lipinski definition) is 2. The molecule has 1 aromatic rings. The van der Waals surface area contributed by atoms with Crippen LogP contribution < -0.4 is 5.56 Å². The molecule has 2 aliphatic rings. The molecular formula is C15H16N4O. The van der Waals surface area contributed by atoms with Gasteiger partial charge in [-0.1, -0.05) is 34.5 Å². The summed E-state index contributed by atoms with van der Waals surface area (Å²) in [6.07, 6.45) is 5.70. The zero-order valence-electron chi connectivity index (χ0n) is 11.6. The molecule has 2 atom stereocenters. The van der Waals surface area contributed by atoms with Crippen LogP contribution in [0.1, 0.15) is 31.5 Å². The van der Waals surface area contributed by atoms with E-state index in [2.05, 4.69) is 34.1 Å². The number of hydrogen-bond donors (Lipinski definition) is 1. The minimum absolute atomic E-state index is 0.109. The van der Waals surface area contributed by atoms with E-state index in [4.69, 9.17) is 5.53 Å². The van der Waals surface area contributed by atoms with Crippen molar-refractivity contribution in [3.63, 3.8) is 0 Å². The molecule has 0 aromatic carbocycles. The normalized spacial score (nSPS) is 29.4. The number of pyridine rings is 1. The summed E-state index contributed by atoms with van der Waals surface area (Å²) in [5.41, 5.74) is 12.5. The molecule has 0 amide bonds. The fourth-order valence-electron chi connectivity index (χ4n) is 3.69. The van der Waals surface area contributed by atoms with Crippen LogP contribution >= 0.6 is 0 Å². The van der Waals surface area contributed by atoms with Gasteiger partial charge in [-0.2, -0.15) is 0 Å². The summed E-state index contributed by atoms with van der Waals surface area (Å²) in [5, 5.41) is 4.16. The first-order chi connectivity index (χ1) is 9.60. The zero-order chi connectivity index (χ0) is 14.3. The molecule has 1 unspecified atom stereocenters. The van der Waals surface area contributed by atoms with E-state index < -0.39 is 5.54 Å². The molecule has 2 bridgehead atoms. The molecule has 3 rings (SSSR count). The lowest BCUT2D eigenvalue weighted by atomic mass is 9.63. The highest BCUT2D eigenvalue weighted by molar-refractivity contribution is 5.49. The van der Waals surface area contributed by atoms with E-state index in [9.17, 15) is 4.79 Å². The minimum Gasteiger partial charge on any atom is -0.326 e. The van der Waals surface area contributed by atoms with Crippen LogP contribution in [0.15, 0.2) is 45.3 Å². The highest BCUT2D eigenvalue weighted by Crippen LogP contribution is 2.51. The van der Waals surface area contributed by atoms with Gasteiger partial charge in [-0.15, -0.1) is 0 Å². The van der Waals surface area contributed by atoms with Crippen LogP contribution in [0, 0.1) is 5.92 Å². The van der Waals surface area contributed by atoms with Crippen molar-refractivity contribution >= 4 is 0 Å². The monoisotopic (exact) mass is 268 g/mol. The standard InChI is InChI=1S/C15H16N4O/c1-3-11-10-6-9(2)8-15(11,18-19-16)12-4-5-14(20)17-13(12)7-10/h3-6,10H,7-8H2,1-2H3,(H,17,20)/t10-,15?/m1/s1. The first-order valence-corrected chi connectivity index (χ1v) is 6.73. The van der Waals surface area contributed by atoms with Gasteiger partial charge in [0.15, 0.2) is 0 Å². The lowest BCUT2D eigenvalue weighted by Gasteiger charge is -2.44. The Morgan fingerprint density at radius 1 is 1.55 bits per heavy atom. The number of allylic oxidation sites excluding steroid dienone is 2. The lowest BCUT2D eigenvalue weighted by molar-refractivity contribution is 0.408. The van der Waals surface area contributed by atoms with E-state index in [1.54, 1.807) is 6.07 Å². The van der Waals surface area contributed by atoms with Crippen LogP contribution in [0.2, 0.25) is 0 Å². The predicted octanol–water partition coefficient (Wildman–Crippen LogP) is 3.35. The SMILES string of the molecule is CC=C1[C@@H]2C=C(C)CC1(N=[N+]=[N-])c1ccc(=O)[nH]c1C2. The summed E-state index contributed by atoms with van der Waals surface area (Å²) in [4.78, 5) is 17.5. The Balaban J connectivity index is 2.36. The Hall–Kier alpha value is -2.26. The molecule has 0 fully saturated rings. The van der Waals surface area contributed by atoms with E-state index >= 15 is 0 Å². The molecule has 0 saturated heterocycles. The van der Waals surface area contributed by atoms with E-state index in [-0.39, 0.29) is 11.5 Å². The first-order valence-electron chi connectivity index (χ1n) is 6.73. The van der Waals surface area contributed by atoms with Crippen molar-refractivity contribution in [1.82, 2.24) is 4.98 Å². The average Bonchev–Trinajstić information content (AvgIpc) is 2.37. The molecule has 1 aromatic heterocycles. The third-order valence-electron chi connectivity index (χ3n) is 4.29. The molecule has 0 spiro atoms. The highest BCUT2D eigenvalue weighted by Gasteiger charge is 2.46. The van der Waals surface area contributed by atoms with E-state index in [1.807, 2.05) is 6.92 Å². The Morgan fingerprint density at radius 2 is 2.35 bits per heavy atom. The average molecular weight is 268 g/mol. The van der Waals surface area contributed by atoms with Crippen molar-refractivity contribution in [2.45, 2.75) is 32.2 Å². The van der Waals surface area contributed by atoms with Gasteiger partial charge in [0.1, 0.15) is 5.54 Å². The number of aromatic amines is 1. The summed E-state index contributed by atoms with van der Waals surface area (Å²) in [5.74, 6) is 0.199. The van der Waals surface area contributed by atoms with Crippen LogP contribution in [0.5, 0.6) is 0 Å². The summed E-state index contributed by atoms with van der Waals surface area (Å²) in [7, 11) is 0. The molecule has 0 saturated carbocycles. The third kappa shape index (κ3) is 1.63. The van der Waals surface area contributed by atoms with Crippen molar-refractivity contribution in [3.05, 3.63) is 67.5 Å². The topological polar surface area (TPSA) is 81.6 Å². The Morgan fingerprint density at radius 3 is 3.05 bits per heavy atom. The molecule has 2 aliphatic carbocycles. The minimum atomic E-state index is -0.676. The summed E-state index contributed by atoms with van der Waals surface area (Å²) in [6.45, 7) is 4.05. The number of rotatable bonds is 1. The molecule has 5 heteroatoms. The molecule has 20 heavy (non-hydrogen) atoms. The van der Waals surface area contributed by atoms with Gasteiger partial charge < -0.3 is 4.98 Å². The quantitative estimate of drug-likeness (QED) is 0.360. The molecule has 0 aliphatic heterocycles. The Bertz CT molecular complexity index is 736. The maximum absolute atomic E-state index is 11.5. The largest absolute Gasteiger partial charge is 0.326 e. The highest BCUT2D eigenvalue weighted by atomic mass is 16.1. The van der Waals surface area contributed by atoms with Crippen molar-refractivity contribution in [2.24, 2.45) is 11.0 Å². The number of azide groups is 1. The zero-order valence-corrected chi connectivity index (χ0v) is 11.6. The van der Waals surface area contributed by atoms with Crippen molar-refractivity contribution in [1.29, 1.82) is 0 Å². The first kappa shape index (κ1) is 12.8. The maximum atomic E-state index is 11.5. The van der Waals surface area contributed by atoms with Gasteiger partial charge in [0.05, 0.1) is 0 Å². The van der Waals surface area contributed by atoms with Crippen LogP contribution in [0.3, 0.4) is 0 Å². The van der Waals surface area contributed by atoms with E-state index in [1.165, 1.54) is 11.6 Å². The number of fused-ring (bicyclic) bond motifs is 4. The van der Waals surface area contributed by atoms with Gasteiger partial charge in [0, 0.05) is 22.6 Å². The molecule has 1 N–H and O–H groups in total. The van der Waals surface area contributed by atoms with Gasteiger partial charge in [0.2, 0.25) is 5.56 Å². The van der Waals surface area contributed by atoms with Crippen LogP contribution in [-0.2, 0) is 12.0 Å². The van der Waals surface area contributed by atoms with E-state index in [0.717, 1.165) is 23.3 Å². The van der Waals surface area contributed by atoms with Crippen molar-refractivity contribution < 1.29 is 0 Å². The predicted molar refractivity (Wildman–Crippen MR) is 77.2 cm³/mol. The maximum Gasteiger partial charge on any atom is 0.248 e. The fourth-order valence-corrected chi connectivity index (χ4v) is 3.69. The Labute approximate surface area is 116 Å². The van der Waals surface area contributed by atoms with Gasteiger partial charge in [-0.3, -0.25) is 4.79 Å². The van der Waals surface area contributed by atoms with Crippen LogP contribution in [0.25, 0.3) is 10.4 Å². The molecule has 1 heterocycles. The van der Waals surface area contributed by atoms with Crippen LogP contribution in [-0.4, -0.2) is 4.98 Å². The number of aromatic nitrogens is 1. The number of nitrogens with one attached hydrogen (secondary N) is 1. The Kier molecular flexibility index (Phi) is 2.80. The number of nitrogens with zero attached hydrogens (tertiary/aromatic N) is 3. The molecular weight excluding hydrogens is 252 g/mol. The second-order valence-corrected chi connectivity index (χ2v) is 5.51. The second-order valence-electron chi connectivity index (χ2n) is 5.51. The lowest BCUT2D eigenvalue weighted by Crippen LogP contribution is -2.40. The van der Waals surface area contributed by atoms with Crippen molar-refractivity contribution in [2.75, 3.05) is 0 Å². The van der Waals surface area contributed by atoms with Gasteiger partial charge in [0.25, 0.3) is 0 Å². The van der Waals surface area contributed by atoms with Gasteiger partial charge in [-0.05, 0) is 37.8 Å². The number of H-pyrrole nitrogens is 1. The van der Waals surface area contributed by atoms with Crippen LogP contribution in [0.4, 0.5) is 0 Å². The summed E-state index contributed by atoms with van der Waals surface area (Å²) >= 11 is 0. The van der Waals surface area contributed by atoms with Gasteiger partial charge >= 0.3 is 0 Å². The summed E-state index contributed by atoms with van der Waals surface area (Å²) in [6, 6.07) is 3.32. The molecule has 102 valence electrons. The third-order valence-corrected chi connectivity index (χ3v) is 4.29. The van der Waals surface area contributed by atoms with Crippen molar-refractivity contribution in [3.8, 4) is 0 Å². The second kappa shape index (κ2) is 4.39. The van der Waals surface area contributed by atoms with Gasteiger partial charge in [-0.25, -0.2) is 0 Å². The smallest absolute Gasteiger partial charge is 0.248 e. The molecule has 5 nitrogen and oxygen atoms in total. The van der Waals surface area contributed by atoms with E-state index in [0.29, 0.717) is 6.42 Å². The fraction of sp³-hybridized carbons (Fsp3) is 0.400.